The highest BCUT2D eigenvalue weighted by molar-refractivity contribution is 5.79. The van der Waals surface area contributed by atoms with Crippen LogP contribution in [0, 0.1) is 6.92 Å². The predicted octanol–water partition coefficient (Wildman–Crippen LogP) is 1.63. The van der Waals surface area contributed by atoms with Gasteiger partial charge in [0.1, 0.15) is 0 Å². The van der Waals surface area contributed by atoms with Gasteiger partial charge in [0.25, 0.3) is 0 Å². The Balaban J connectivity index is 2.65. The van der Waals surface area contributed by atoms with Crippen LogP contribution in [-0.2, 0) is 6.54 Å². The molecule has 1 aromatic rings. The van der Waals surface area contributed by atoms with Crippen LogP contribution in [0.5, 0.6) is 0 Å². The van der Waals surface area contributed by atoms with Crippen molar-refractivity contribution in [2.45, 2.75) is 13.5 Å². The van der Waals surface area contributed by atoms with E-state index in [4.69, 9.17) is 0 Å². The normalized spacial score (nSPS) is 11.3. The molecule has 0 heterocycles. The molecule has 1 rings (SSSR count). The molecule has 0 radical (unpaired) electrons. The maximum Gasteiger partial charge on any atom is 0.193 e. The maximum absolute atomic E-state index is 4.15. The first-order valence-corrected chi connectivity index (χ1v) is 5.08. The van der Waals surface area contributed by atoms with E-state index in [1.807, 2.05) is 14.1 Å². The van der Waals surface area contributed by atoms with E-state index in [0.717, 1.165) is 12.5 Å². The summed E-state index contributed by atoms with van der Waals surface area (Å²) in [6.45, 7) is 2.97. The van der Waals surface area contributed by atoms with Gasteiger partial charge in [0.2, 0.25) is 0 Å². The molecule has 0 saturated carbocycles. The average Bonchev–Trinajstić information content (AvgIpc) is 2.23. The van der Waals surface area contributed by atoms with Gasteiger partial charge < -0.3 is 10.2 Å². The van der Waals surface area contributed by atoms with Gasteiger partial charge in [-0.3, -0.25) is 4.99 Å². The highest BCUT2D eigenvalue weighted by Gasteiger charge is 2.03. The molecular weight excluding hydrogens is 186 g/mol. The molecule has 3 heteroatoms. The largest absolute Gasteiger partial charge is 0.359 e. The van der Waals surface area contributed by atoms with Gasteiger partial charge in [0.15, 0.2) is 5.96 Å². The van der Waals surface area contributed by atoms with Crippen molar-refractivity contribution in [3.63, 3.8) is 0 Å². The number of guanidine groups is 1. The molecule has 0 bridgehead atoms. The summed E-state index contributed by atoms with van der Waals surface area (Å²) in [6, 6.07) is 8.56. The molecular formula is C12H19N3. The van der Waals surface area contributed by atoms with Gasteiger partial charge in [-0.25, -0.2) is 0 Å². The van der Waals surface area contributed by atoms with Gasteiger partial charge in [0, 0.05) is 27.7 Å². The third kappa shape index (κ3) is 3.27. The molecule has 0 atom stereocenters. The second kappa shape index (κ2) is 5.39. The molecule has 1 N–H and O–H groups in total. The lowest BCUT2D eigenvalue weighted by atomic mass is 10.1. The molecule has 82 valence electrons. The van der Waals surface area contributed by atoms with Crippen LogP contribution in [0.1, 0.15) is 11.1 Å². The first kappa shape index (κ1) is 11.6. The van der Waals surface area contributed by atoms with Gasteiger partial charge in [-0.2, -0.15) is 0 Å². The fourth-order valence-electron chi connectivity index (χ4n) is 1.52. The zero-order chi connectivity index (χ0) is 11.3. The number of aryl methyl sites for hydroxylation is 1. The Morgan fingerprint density at radius 3 is 2.40 bits per heavy atom. The number of nitrogens with one attached hydrogen (secondary N) is 1. The number of nitrogens with zero attached hydrogens (tertiary/aromatic N) is 2. The SMILES string of the molecule is CN=C(NC)N(C)Cc1ccc(C)cc1. The molecule has 0 aliphatic carbocycles. The lowest BCUT2D eigenvalue weighted by Crippen LogP contribution is -2.36. The Morgan fingerprint density at radius 1 is 1.33 bits per heavy atom. The number of hydrogen-bond acceptors (Lipinski definition) is 1. The van der Waals surface area contributed by atoms with E-state index in [0.29, 0.717) is 0 Å². The highest BCUT2D eigenvalue weighted by atomic mass is 15.3. The van der Waals surface area contributed by atoms with E-state index < -0.39 is 0 Å². The molecule has 0 saturated heterocycles. The van der Waals surface area contributed by atoms with Crippen LogP contribution in [0.3, 0.4) is 0 Å². The molecule has 0 fully saturated rings. The third-order valence-corrected chi connectivity index (χ3v) is 2.34. The molecule has 0 aliphatic rings. The molecule has 1 aromatic carbocycles. The van der Waals surface area contributed by atoms with E-state index in [2.05, 4.69) is 46.4 Å². The van der Waals surface area contributed by atoms with Gasteiger partial charge >= 0.3 is 0 Å². The number of hydrogen-bond donors (Lipinski definition) is 1. The summed E-state index contributed by atoms with van der Waals surface area (Å²) in [6.07, 6.45) is 0. The molecule has 0 aliphatic heterocycles. The molecule has 3 nitrogen and oxygen atoms in total. The minimum atomic E-state index is 0.869. The standard InChI is InChI=1S/C12H19N3/c1-10-5-7-11(8-6-10)9-15(4)12(13-2)14-3/h5-8H,9H2,1-4H3,(H,13,14). The second-order valence-corrected chi connectivity index (χ2v) is 3.64. The van der Waals surface area contributed by atoms with E-state index in [1.54, 1.807) is 7.05 Å². The maximum atomic E-state index is 4.15. The van der Waals surface area contributed by atoms with Crippen molar-refractivity contribution < 1.29 is 0 Å². The first-order chi connectivity index (χ1) is 7.17. The summed E-state index contributed by atoms with van der Waals surface area (Å²) in [5.41, 5.74) is 2.58. The minimum Gasteiger partial charge on any atom is -0.359 e. The quantitative estimate of drug-likeness (QED) is 0.587. The fraction of sp³-hybridized carbons (Fsp3) is 0.417. The van der Waals surface area contributed by atoms with Crippen LogP contribution in [0.25, 0.3) is 0 Å². The Morgan fingerprint density at radius 2 is 1.93 bits per heavy atom. The molecule has 0 unspecified atom stereocenters. The molecule has 15 heavy (non-hydrogen) atoms. The zero-order valence-electron chi connectivity index (χ0n) is 9.91. The summed E-state index contributed by atoms with van der Waals surface area (Å²) in [5.74, 6) is 0.899. The summed E-state index contributed by atoms with van der Waals surface area (Å²) < 4.78 is 0. The van der Waals surface area contributed by atoms with Crippen LogP contribution in [0.15, 0.2) is 29.3 Å². The van der Waals surface area contributed by atoms with Crippen molar-refractivity contribution in [2.24, 2.45) is 4.99 Å². The summed E-state index contributed by atoms with van der Waals surface area (Å²) in [4.78, 5) is 6.24. The average molecular weight is 205 g/mol. The van der Waals surface area contributed by atoms with Gasteiger partial charge in [-0.15, -0.1) is 0 Å². The number of rotatable bonds is 2. The molecule has 0 aromatic heterocycles. The van der Waals surface area contributed by atoms with Crippen LogP contribution in [0.4, 0.5) is 0 Å². The summed E-state index contributed by atoms with van der Waals surface area (Å²) in [7, 11) is 5.70. The Labute approximate surface area is 91.8 Å². The first-order valence-electron chi connectivity index (χ1n) is 5.08. The van der Waals surface area contributed by atoms with E-state index in [9.17, 15) is 0 Å². The number of benzene rings is 1. The Bertz CT molecular complexity index is 327. The second-order valence-electron chi connectivity index (χ2n) is 3.64. The zero-order valence-corrected chi connectivity index (χ0v) is 9.91. The van der Waals surface area contributed by atoms with E-state index >= 15 is 0 Å². The van der Waals surface area contributed by atoms with Crippen LogP contribution in [0.2, 0.25) is 0 Å². The van der Waals surface area contributed by atoms with E-state index in [-0.39, 0.29) is 0 Å². The van der Waals surface area contributed by atoms with Crippen molar-refractivity contribution in [1.29, 1.82) is 0 Å². The van der Waals surface area contributed by atoms with Crippen molar-refractivity contribution in [1.82, 2.24) is 10.2 Å². The third-order valence-electron chi connectivity index (χ3n) is 2.34. The lowest BCUT2D eigenvalue weighted by molar-refractivity contribution is 0.483. The van der Waals surface area contributed by atoms with Crippen LogP contribution in [-0.4, -0.2) is 32.0 Å². The smallest absolute Gasteiger partial charge is 0.193 e. The van der Waals surface area contributed by atoms with E-state index in [1.165, 1.54) is 11.1 Å². The topological polar surface area (TPSA) is 27.6 Å². The van der Waals surface area contributed by atoms with Crippen molar-refractivity contribution in [2.75, 3.05) is 21.1 Å². The van der Waals surface area contributed by atoms with Crippen molar-refractivity contribution in [3.05, 3.63) is 35.4 Å². The number of aliphatic imine (C=N–C) groups is 1. The molecule has 0 spiro atoms. The lowest BCUT2D eigenvalue weighted by Gasteiger charge is -2.20. The highest BCUT2D eigenvalue weighted by Crippen LogP contribution is 2.05. The monoisotopic (exact) mass is 205 g/mol. The predicted molar refractivity (Wildman–Crippen MR) is 65.1 cm³/mol. The van der Waals surface area contributed by atoms with Gasteiger partial charge in [-0.1, -0.05) is 29.8 Å². The van der Waals surface area contributed by atoms with Gasteiger partial charge in [-0.05, 0) is 12.5 Å². The summed E-state index contributed by atoms with van der Waals surface area (Å²) >= 11 is 0. The summed E-state index contributed by atoms with van der Waals surface area (Å²) in [5, 5.41) is 3.06. The van der Waals surface area contributed by atoms with Gasteiger partial charge in [0.05, 0.1) is 0 Å². The Kier molecular flexibility index (Phi) is 4.16. The molecule has 0 amide bonds. The van der Waals surface area contributed by atoms with Crippen molar-refractivity contribution in [3.8, 4) is 0 Å². The van der Waals surface area contributed by atoms with Crippen LogP contribution < -0.4 is 5.32 Å². The van der Waals surface area contributed by atoms with Crippen molar-refractivity contribution >= 4 is 5.96 Å². The minimum absolute atomic E-state index is 0.869. The Hall–Kier alpha value is -1.51. The fourth-order valence-corrected chi connectivity index (χ4v) is 1.52. The van der Waals surface area contributed by atoms with Crippen LogP contribution >= 0.6 is 0 Å².